The minimum atomic E-state index is -0.419. The molecular weight excluding hydrogens is 522 g/mol. The van der Waals surface area contributed by atoms with Gasteiger partial charge in [-0.25, -0.2) is 9.59 Å². The summed E-state index contributed by atoms with van der Waals surface area (Å²) in [5, 5.41) is 0. The van der Waals surface area contributed by atoms with Gasteiger partial charge in [-0.05, 0) is 71.1 Å². The molecule has 0 heterocycles. The largest absolute Gasteiger partial charge is 0.462 e. The first-order valence-corrected chi connectivity index (χ1v) is 13.9. The van der Waals surface area contributed by atoms with E-state index in [9.17, 15) is 9.59 Å². The summed E-state index contributed by atoms with van der Waals surface area (Å²) in [7, 11) is 0. The van der Waals surface area contributed by atoms with E-state index < -0.39 is 11.9 Å². The summed E-state index contributed by atoms with van der Waals surface area (Å²) in [5.74, 6) is -0.838. The topological polar surface area (TPSA) is 55.8 Å². The Morgan fingerprint density at radius 2 is 1.07 bits per heavy atom. The van der Waals surface area contributed by atoms with Crippen LogP contribution in [0.15, 0.2) is 128 Å². The monoisotopic (exact) mass is 557 g/mol. The second-order valence-electron chi connectivity index (χ2n) is 9.70. The van der Waals surface area contributed by atoms with Crippen LogP contribution in [0.5, 0.6) is 0 Å². The number of allylic oxidation sites excluding steroid dienone is 1. The van der Waals surface area contributed by atoms with Gasteiger partial charge in [0, 0.05) is 42.1 Å². The number of anilines is 3. The molecule has 0 atom stereocenters. The van der Waals surface area contributed by atoms with Gasteiger partial charge in [0.2, 0.25) is 0 Å². The lowest BCUT2D eigenvalue weighted by Crippen LogP contribution is -2.10. The molecule has 212 valence electrons. The summed E-state index contributed by atoms with van der Waals surface area (Å²) in [4.78, 5) is 24.9. The van der Waals surface area contributed by atoms with Crippen molar-refractivity contribution in [3.63, 3.8) is 0 Å². The fourth-order valence-corrected chi connectivity index (χ4v) is 4.48. The Bertz CT molecular complexity index is 1450. The van der Waals surface area contributed by atoms with E-state index in [0.29, 0.717) is 26.1 Å². The number of esters is 2. The first-order chi connectivity index (χ1) is 20.5. The lowest BCUT2D eigenvalue weighted by atomic mass is 10.0. The van der Waals surface area contributed by atoms with Crippen molar-refractivity contribution < 1.29 is 19.1 Å². The Morgan fingerprint density at radius 1 is 0.643 bits per heavy atom. The maximum absolute atomic E-state index is 11.4. The van der Waals surface area contributed by atoms with Crippen molar-refractivity contribution in [2.24, 2.45) is 0 Å². The number of ether oxygens (including phenoxy) is 2. The van der Waals surface area contributed by atoms with Crippen LogP contribution in [0.2, 0.25) is 0 Å². The van der Waals surface area contributed by atoms with E-state index >= 15 is 0 Å². The van der Waals surface area contributed by atoms with Gasteiger partial charge in [0.25, 0.3) is 0 Å². The molecule has 0 saturated heterocycles. The zero-order valence-corrected chi connectivity index (χ0v) is 23.9. The van der Waals surface area contributed by atoms with E-state index in [4.69, 9.17) is 9.47 Å². The summed E-state index contributed by atoms with van der Waals surface area (Å²) >= 11 is 0. The molecule has 0 bridgehead atoms. The van der Waals surface area contributed by atoms with Crippen molar-refractivity contribution in [2.75, 3.05) is 18.1 Å². The van der Waals surface area contributed by atoms with Crippen LogP contribution in [-0.4, -0.2) is 25.2 Å². The molecule has 5 heteroatoms. The van der Waals surface area contributed by atoms with Crippen molar-refractivity contribution in [1.82, 2.24) is 0 Å². The van der Waals surface area contributed by atoms with Gasteiger partial charge in [-0.15, -0.1) is 0 Å². The van der Waals surface area contributed by atoms with Crippen molar-refractivity contribution in [3.8, 4) is 0 Å². The molecule has 4 aromatic rings. The third-order valence-corrected chi connectivity index (χ3v) is 6.76. The summed E-state index contributed by atoms with van der Waals surface area (Å²) < 4.78 is 10.3. The standard InChI is InChI=1S/C37H35NO4/c1-4-36(39)41-25-23-29-11-17-33(18-12-29)38(34-19-13-30(14-20-34)24-26-42-37(40)5-2)35-21-15-31(16-22-35)27-28(3)32-9-7-6-8-10-32/h4-22,27H,1-2,23-26H2,3H3. The number of benzene rings is 4. The normalized spacial score (nSPS) is 10.9. The highest BCUT2D eigenvalue weighted by atomic mass is 16.5. The third-order valence-electron chi connectivity index (χ3n) is 6.76. The summed E-state index contributed by atoms with van der Waals surface area (Å²) in [6.07, 6.45) is 5.76. The minimum absolute atomic E-state index is 0.300. The van der Waals surface area contributed by atoms with E-state index in [-0.39, 0.29) is 0 Å². The molecule has 4 rings (SSSR count). The van der Waals surface area contributed by atoms with E-state index in [1.807, 2.05) is 42.5 Å². The van der Waals surface area contributed by atoms with Gasteiger partial charge >= 0.3 is 11.9 Å². The molecule has 0 fully saturated rings. The van der Waals surface area contributed by atoms with Gasteiger partial charge in [-0.2, -0.15) is 0 Å². The number of carbonyl (C=O) groups excluding carboxylic acids is 2. The molecule has 0 aliphatic carbocycles. The first kappa shape index (κ1) is 29.8. The van der Waals surface area contributed by atoms with Gasteiger partial charge in [-0.3, -0.25) is 0 Å². The molecule has 4 aromatic carbocycles. The average Bonchev–Trinajstić information content (AvgIpc) is 3.03. The molecule has 0 amide bonds. The van der Waals surface area contributed by atoms with Crippen molar-refractivity contribution >= 4 is 40.6 Å². The lowest BCUT2D eigenvalue weighted by Gasteiger charge is -2.26. The van der Waals surface area contributed by atoms with E-state index in [0.717, 1.165) is 33.8 Å². The van der Waals surface area contributed by atoms with Gasteiger partial charge in [-0.1, -0.05) is 86.0 Å². The second kappa shape index (κ2) is 15.0. The molecule has 0 aromatic heterocycles. The van der Waals surface area contributed by atoms with Crippen LogP contribution in [0.25, 0.3) is 11.6 Å². The van der Waals surface area contributed by atoms with E-state index in [2.05, 4.69) is 91.7 Å². The molecule has 0 radical (unpaired) electrons. The first-order valence-electron chi connectivity index (χ1n) is 13.9. The number of carbonyl (C=O) groups is 2. The number of hydrogen-bond donors (Lipinski definition) is 0. The predicted molar refractivity (Wildman–Crippen MR) is 171 cm³/mol. The Balaban J connectivity index is 1.58. The zero-order valence-electron chi connectivity index (χ0n) is 23.9. The van der Waals surface area contributed by atoms with Crippen LogP contribution in [0.1, 0.15) is 29.2 Å². The molecule has 0 spiro atoms. The molecule has 0 N–H and O–H groups in total. The summed E-state index contributed by atoms with van der Waals surface area (Å²) in [5.41, 5.74) is 8.66. The Labute approximate surface area is 248 Å². The van der Waals surface area contributed by atoms with E-state index in [1.54, 1.807) is 0 Å². The molecule has 0 aliphatic heterocycles. The number of rotatable bonds is 13. The summed E-state index contributed by atoms with van der Waals surface area (Å²) in [6.45, 7) is 9.59. The maximum atomic E-state index is 11.4. The van der Waals surface area contributed by atoms with Crippen LogP contribution >= 0.6 is 0 Å². The third kappa shape index (κ3) is 8.42. The Kier molecular flexibility index (Phi) is 10.7. The Morgan fingerprint density at radius 3 is 1.50 bits per heavy atom. The molecule has 0 aliphatic rings. The smallest absolute Gasteiger partial charge is 0.330 e. The van der Waals surface area contributed by atoms with Crippen molar-refractivity contribution in [3.05, 3.63) is 151 Å². The van der Waals surface area contributed by atoms with Crippen LogP contribution in [-0.2, 0) is 31.9 Å². The fraction of sp³-hybridized carbons (Fsp3) is 0.135. The maximum Gasteiger partial charge on any atom is 0.330 e. The number of hydrogen-bond acceptors (Lipinski definition) is 5. The average molecular weight is 558 g/mol. The molecular formula is C37H35NO4. The molecule has 42 heavy (non-hydrogen) atoms. The van der Waals surface area contributed by atoms with Crippen molar-refractivity contribution in [1.29, 1.82) is 0 Å². The van der Waals surface area contributed by atoms with Gasteiger partial charge in [0.15, 0.2) is 0 Å². The highest BCUT2D eigenvalue weighted by Gasteiger charge is 2.13. The Hall–Kier alpha value is -5.16. The zero-order chi connectivity index (χ0) is 29.7. The molecule has 0 unspecified atom stereocenters. The fourth-order valence-electron chi connectivity index (χ4n) is 4.48. The number of nitrogens with zero attached hydrogens (tertiary/aromatic N) is 1. The SMILES string of the molecule is C=CC(=O)OCCc1ccc(N(c2ccc(C=C(C)c3ccccc3)cc2)c2ccc(CCOC(=O)C=C)cc2)cc1. The minimum Gasteiger partial charge on any atom is -0.462 e. The molecule has 5 nitrogen and oxygen atoms in total. The van der Waals surface area contributed by atoms with Crippen LogP contribution in [0.4, 0.5) is 17.1 Å². The summed E-state index contributed by atoms with van der Waals surface area (Å²) in [6, 6.07) is 35.3. The van der Waals surface area contributed by atoms with E-state index in [1.165, 1.54) is 23.3 Å². The quantitative estimate of drug-likeness (QED) is 0.0941. The molecule has 0 saturated carbocycles. The highest BCUT2D eigenvalue weighted by Crippen LogP contribution is 2.35. The van der Waals surface area contributed by atoms with Crippen LogP contribution in [0, 0.1) is 0 Å². The lowest BCUT2D eigenvalue weighted by molar-refractivity contribution is -0.138. The van der Waals surface area contributed by atoms with Gasteiger partial charge < -0.3 is 14.4 Å². The highest BCUT2D eigenvalue weighted by molar-refractivity contribution is 5.83. The van der Waals surface area contributed by atoms with Crippen LogP contribution in [0.3, 0.4) is 0 Å². The second-order valence-corrected chi connectivity index (χ2v) is 9.70. The predicted octanol–water partition coefficient (Wildman–Crippen LogP) is 8.26. The van der Waals surface area contributed by atoms with Crippen LogP contribution < -0.4 is 4.90 Å². The van der Waals surface area contributed by atoms with Gasteiger partial charge in [0.05, 0.1) is 13.2 Å². The van der Waals surface area contributed by atoms with Gasteiger partial charge in [0.1, 0.15) is 0 Å². The van der Waals surface area contributed by atoms with Crippen molar-refractivity contribution in [2.45, 2.75) is 19.8 Å².